The number of amides is 1. The zero-order valence-electron chi connectivity index (χ0n) is 13.3. The van der Waals surface area contributed by atoms with Crippen LogP contribution in [0.4, 0.5) is 24.8 Å². The van der Waals surface area contributed by atoms with E-state index in [-0.39, 0.29) is 29.1 Å². The number of hydrogen-bond acceptors (Lipinski definition) is 4. The number of nitrogens with zero attached hydrogens (tertiary/aromatic N) is 2. The molecule has 8 heteroatoms. The van der Waals surface area contributed by atoms with E-state index in [2.05, 4.69) is 20.6 Å². The molecule has 1 aromatic heterocycles. The lowest BCUT2D eigenvalue weighted by molar-refractivity contribution is -0.136. The third-order valence-electron chi connectivity index (χ3n) is 4.08. The maximum atomic E-state index is 13.0. The van der Waals surface area contributed by atoms with E-state index >= 15 is 0 Å². The number of hydrogen-bond donors (Lipinski definition) is 2. The summed E-state index contributed by atoms with van der Waals surface area (Å²) >= 11 is 0. The number of nitrogens with one attached hydrogen (secondary N) is 2. The van der Waals surface area contributed by atoms with Crippen molar-refractivity contribution in [1.82, 2.24) is 15.3 Å². The second-order valence-corrected chi connectivity index (χ2v) is 5.92. The first-order valence-electron chi connectivity index (χ1n) is 7.99. The normalized spacial score (nSPS) is 15.2. The summed E-state index contributed by atoms with van der Waals surface area (Å²) in [4.78, 5) is 20.0. The molecule has 1 aromatic carbocycles. The van der Waals surface area contributed by atoms with E-state index < -0.39 is 11.7 Å². The summed E-state index contributed by atoms with van der Waals surface area (Å²) in [5, 5.41) is 5.45. The Hall–Kier alpha value is -2.64. The highest BCUT2D eigenvalue weighted by Gasteiger charge is 2.33. The fourth-order valence-electron chi connectivity index (χ4n) is 2.81. The van der Waals surface area contributed by atoms with Gasteiger partial charge in [0.15, 0.2) is 0 Å². The van der Waals surface area contributed by atoms with Crippen molar-refractivity contribution in [2.24, 2.45) is 0 Å². The molecule has 0 unspecified atom stereocenters. The molecule has 0 spiro atoms. The smallest absolute Gasteiger partial charge is 0.349 e. The van der Waals surface area contributed by atoms with Crippen LogP contribution in [0.2, 0.25) is 0 Å². The van der Waals surface area contributed by atoms with Gasteiger partial charge in [-0.25, -0.2) is 9.97 Å². The molecular weight excluding hydrogens is 333 g/mol. The van der Waals surface area contributed by atoms with Crippen LogP contribution >= 0.6 is 0 Å². The van der Waals surface area contributed by atoms with Gasteiger partial charge in [-0.2, -0.15) is 13.2 Å². The topological polar surface area (TPSA) is 66.9 Å². The van der Waals surface area contributed by atoms with Crippen molar-refractivity contribution in [3.05, 3.63) is 47.8 Å². The first kappa shape index (κ1) is 17.2. The van der Waals surface area contributed by atoms with Crippen LogP contribution in [0.3, 0.4) is 0 Å². The molecule has 132 valence electrons. The van der Waals surface area contributed by atoms with Crippen LogP contribution in [0.5, 0.6) is 0 Å². The molecule has 0 saturated heterocycles. The lowest BCUT2D eigenvalue weighted by Crippen LogP contribution is -2.32. The van der Waals surface area contributed by atoms with Crippen molar-refractivity contribution >= 4 is 17.5 Å². The van der Waals surface area contributed by atoms with E-state index in [1.807, 2.05) is 0 Å². The van der Waals surface area contributed by atoms with Gasteiger partial charge in [-0.3, -0.25) is 4.79 Å². The lowest BCUT2D eigenvalue weighted by atomic mass is 10.1. The molecule has 1 amide bonds. The predicted octanol–water partition coefficient (Wildman–Crippen LogP) is 3.91. The number of para-hydroxylation sites is 1. The summed E-state index contributed by atoms with van der Waals surface area (Å²) in [5.74, 6) is -0.275. The summed E-state index contributed by atoms with van der Waals surface area (Å²) in [6.45, 7) is 0. The zero-order valence-corrected chi connectivity index (χ0v) is 13.3. The number of alkyl halides is 3. The number of rotatable bonds is 4. The molecule has 25 heavy (non-hydrogen) atoms. The molecule has 1 fully saturated rings. The Kier molecular flexibility index (Phi) is 4.87. The molecule has 0 radical (unpaired) electrons. The predicted molar refractivity (Wildman–Crippen MR) is 86.5 cm³/mol. The fourth-order valence-corrected chi connectivity index (χ4v) is 2.81. The Morgan fingerprint density at radius 3 is 2.36 bits per heavy atom. The first-order valence-corrected chi connectivity index (χ1v) is 7.99. The molecule has 0 bridgehead atoms. The van der Waals surface area contributed by atoms with Crippen molar-refractivity contribution in [1.29, 1.82) is 0 Å². The number of halogens is 3. The third kappa shape index (κ3) is 4.26. The van der Waals surface area contributed by atoms with Crippen LogP contribution in [0.15, 0.2) is 36.7 Å². The Morgan fingerprint density at radius 1 is 1.08 bits per heavy atom. The molecule has 0 atom stereocenters. The van der Waals surface area contributed by atoms with Gasteiger partial charge in [0, 0.05) is 18.4 Å². The standard InChI is InChI=1S/C17H17F3N4O/c18-17(19,20)13-7-3-4-8-14(13)24-16-21-9-11(10-22-16)15(25)23-12-5-1-2-6-12/h3-4,7-10,12H,1-2,5-6H2,(H,23,25)(H,21,22,24). The number of aromatic nitrogens is 2. The van der Waals surface area contributed by atoms with E-state index in [1.54, 1.807) is 0 Å². The van der Waals surface area contributed by atoms with Gasteiger partial charge in [0.2, 0.25) is 5.95 Å². The average Bonchev–Trinajstić information content (AvgIpc) is 3.08. The van der Waals surface area contributed by atoms with E-state index in [0.717, 1.165) is 31.7 Å². The molecular formula is C17H17F3N4O. The second kappa shape index (κ2) is 7.08. The summed E-state index contributed by atoms with van der Waals surface area (Å²) in [6, 6.07) is 5.24. The van der Waals surface area contributed by atoms with Crippen molar-refractivity contribution < 1.29 is 18.0 Å². The van der Waals surface area contributed by atoms with Gasteiger partial charge < -0.3 is 10.6 Å². The molecule has 3 rings (SSSR count). The minimum atomic E-state index is -4.48. The molecule has 5 nitrogen and oxygen atoms in total. The van der Waals surface area contributed by atoms with Gasteiger partial charge >= 0.3 is 6.18 Å². The highest BCUT2D eigenvalue weighted by atomic mass is 19.4. The van der Waals surface area contributed by atoms with E-state index in [9.17, 15) is 18.0 Å². The summed E-state index contributed by atoms with van der Waals surface area (Å²) in [5.41, 5.74) is -0.665. The van der Waals surface area contributed by atoms with Crippen LogP contribution in [0.1, 0.15) is 41.6 Å². The molecule has 0 aliphatic heterocycles. The van der Waals surface area contributed by atoms with Crippen LogP contribution in [-0.2, 0) is 6.18 Å². The Bertz CT molecular complexity index is 740. The molecule has 1 saturated carbocycles. The number of benzene rings is 1. The van der Waals surface area contributed by atoms with E-state index in [1.165, 1.54) is 30.6 Å². The average molecular weight is 350 g/mol. The Labute approximate surface area is 142 Å². The minimum Gasteiger partial charge on any atom is -0.349 e. The van der Waals surface area contributed by atoms with Gasteiger partial charge in [-0.05, 0) is 25.0 Å². The van der Waals surface area contributed by atoms with Crippen molar-refractivity contribution in [2.45, 2.75) is 37.9 Å². The largest absolute Gasteiger partial charge is 0.418 e. The molecule has 1 aliphatic rings. The third-order valence-corrected chi connectivity index (χ3v) is 4.08. The quantitative estimate of drug-likeness (QED) is 0.877. The second-order valence-electron chi connectivity index (χ2n) is 5.92. The van der Waals surface area contributed by atoms with Crippen molar-refractivity contribution in [2.75, 3.05) is 5.32 Å². The summed E-state index contributed by atoms with van der Waals surface area (Å²) in [7, 11) is 0. The van der Waals surface area contributed by atoms with Crippen LogP contribution in [0.25, 0.3) is 0 Å². The molecule has 1 heterocycles. The van der Waals surface area contributed by atoms with E-state index in [0.29, 0.717) is 0 Å². The van der Waals surface area contributed by atoms with E-state index in [4.69, 9.17) is 0 Å². The van der Waals surface area contributed by atoms with Crippen molar-refractivity contribution in [3.8, 4) is 0 Å². The Morgan fingerprint density at radius 2 is 1.72 bits per heavy atom. The molecule has 2 N–H and O–H groups in total. The first-order chi connectivity index (χ1) is 11.9. The number of carbonyl (C=O) groups is 1. The van der Waals surface area contributed by atoms with Crippen LogP contribution in [-0.4, -0.2) is 21.9 Å². The number of anilines is 2. The fraction of sp³-hybridized carbons (Fsp3) is 0.353. The molecule has 1 aliphatic carbocycles. The lowest BCUT2D eigenvalue weighted by Gasteiger charge is -2.14. The maximum absolute atomic E-state index is 13.0. The van der Waals surface area contributed by atoms with Crippen LogP contribution < -0.4 is 10.6 Å². The van der Waals surface area contributed by atoms with Gasteiger partial charge in [-0.1, -0.05) is 25.0 Å². The highest BCUT2D eigenvalue weighted by molar-refractivity contribution is 5.93. The van der Waals surface area contributed by atoms with Gasteiger partial charge in [0.25, 0.3) is 5.91 Å². The van der Waals surface area contributed by atoms with Gasteiger partial charge in [-0.15, -0.1) is 0 Å². The zero-order chi connectivity index (χ0) is 17.9. The van der Waals surface area contributed by atoms with Crippen LogP contribution in [0, 0.1) is 0 Å². The molecule has 2 aromatic rings. The van der Waals surface area contributed by atoms with Gasteiger partial charge in [0.05, 0.1) is 16.8 Å². The minimum absolute atomic E-state index is 0.00545. The maximum Gasteiger partial charge on any atom is 0.418 e. The summed E-state index contributed by atoms with van der Waals surface area (Å²) < 4.78 is 38.9. The summed E-state index contributed by atoms with van der Waals surface area (Å²) in [6.07, 6.45) is 2.24. The van der Waals surface area contributed by atoms with Crippen molar-refractivity contribution in [3.63, 3.8) is 0 Å². The number of carbonyl (C=O) groups excluding carboxylic acids is 1. The van der Waals surface area contributed by atoms with Gasteiger partial charge in [0.1, 0.15) is 0 Å². The monoisotopic (exact) mass is 350 g/mol. The SMILES string of the molecule is O=C(NC1CCCC1)c1cnc(Nc2ccccc2C(F)(F)F)nc1. The highest BCUT2D eigenvalue weighted by Crippen LogP contribution is 2.35. The Balaban J connectivity index is 1.70.